The Morgan fingerprint density at radius 3 is 2.46 bits per heavy atom. The SMILES string of the molecule is COCc1cc(C(=O)NC(C)CF)ccc1-c1cc(Cl)cc(Cl)c1. The van der Waals surface area contributed by atoms with Crippen molar-refractivity contribution in [2.75, 3.05) is 13.8 Å². The van der Waals surface area contributed by atoms with Gasteiger partial charge in [-0.2, -0.15) is 0 Å². The molecule has 128 valence electrons. The summed E-state index contributed by atoms with van der Waals surface area (Å²) in [4.78, 5) is 12.2. The molecule has 0 spiro atoms. The highest BCUT2D eigenvalue weighted by Gasteiger charge is 2.14. The summed E-state index contributed by atoms with van der Waals surface area (Å²) in [7, 11) is 1.58. The summed E-state index contributed by atoms with van der Waals surface area (Å²) < 4.78 is 17.8. The minimum absolute atomic E-state index is 0.319. The van der Waals surface area contributed by atoms with Crippen LogP contribution in [0.3, 0.4) is 0 Å². The van der Waals surface area contributed by atoms with Gasteiger partial charge >= 0.3 is 0 Å². The van der Waals surface area contributed by atoms with Gasteiger partial charge in [-0.15, -0.1) is 0 Å². The van der Waals surface area contributed by atoms with E-state index in [1.54, 1.807) is 44.4 Å². The van der Waals surface area contributed by atoms with E-state index in [0.717, 1.165) is 16.7 Å². The van der Waals surface area contributed by atoms with Gasteiger partial charge in [0.15, 0.2) is 0 Å². The molecule has 0 aliphatic carbocycles. The monoisotopic (exact) mass is 369 g/mol. The number of carbonyl (C=O) groups excluding carboxylic acids is 1. The van der Waals surface area contributed by atoms with Gasteiger partial charge in [0.25, 0.3) is 5.91 Å². The molecule has 0 heterocycles. The van der Waals surface area contributed by atoms with Gasteiger partial charge in [0.1, 0.15) is 6.67 Å². The second-order valence-electron chi connectivity index (χ2n) is 5.49. The zero-order valence-corrected chi connectivity index (χ0v) is 14.9. The van der Waals surface area contributed by atoms with Gasteiger partial charge in [0.2, 0.25) is 0 Å². The van der Waals surface area contributed by atoms with Crippen molar-refractivity contribution >= 4 is 29.1 Å². The predicted octanol–water partition coefficient (Wildman–Crippen LogP) is 4.89. The molecule has 1 N–H and O–H groups in total. The molecule has 0 saturated carbocycles. The first-order valence-electron chi connectivity index (χ1n) is 7.39. The molecule has 0 fully saturated rings. The third kappa shape index (κ3) is 4.69. The fourth-order valence-corrected chi connectivity index (χ4v) is 2.87. The Labute approximate surface area is 150 Å². The number of halogens is 3. The highest BCUT2D eigenvalue weighted by molar-refractivity contribution is 6.35. The molecule has 3 nitrogen and oxygen atoms in total. The predicted molar refractivity (Wildman–Crippen MR) is 95.5 cm³/mol. The lowest BCUT2D eigenvalue weighted by Crippen LogP contribution is -2.33. The Hall–Kier alpha value is -1.62. The average molecular weight is 370 g/mol. The topological polar surface area (TPSA) is 38.3 Å². The molecule has 1 atom stereocenters. The van der Waals surface area contributed by atoms with Crippen molar-refractivity contribution in [3.8, 4) is 11.1 Å². The Morgan fingerprint density at radius 2 is 1.88 bits per heavy atom. The van der Waals surface area contributed by atoms with Gasteiger partial charge in [-0.3, -0.25) is 4.79 Å². The van der Waals surface area contributed by atoms with Crippen molar-refractivity contribution in [1.29, 1.82) is 0 Å². The number of benzene rings is 2. The van der Waals surface area contributed by atoms with Gasteiger partial charge in [-0.05, 0) is 53.9 Å². The van der Waals surface area contributed by atoms with Crippen molar-refractivity contribution in [3.63, 3.8) is 0 Å². The van der Waals surface area contributed by atoms with E-state index in [2.05, 4.69) is 5.32 Å². The zero-order valence-electron chi connectivity index (χ0n) is 13.4. The minimum atomic E-state index is -0.615. The van der Waals surface area contributed by atoms with Crippen LogP contribution >= 0.6 is 23.2 Å². The smallest absolute Gasteiger partial charge is 0.251 e. The summed E-state index contributed by atoms with van der Waals surface area (Å²) in [5.74, 6) is -0.326. The van der Waals surface area contributed by atoms with Crippen molar-refractivity contribution in [2.45, 2.75) is 19.6 Å². The molecule has 0 aliphatic heterocycles. The van der Waals surface area contributed by atoms with E-state index in [-0.39, 0.29) is 5.91 Å². The highest BCUT2D eigenvalue weighted by Crippen LogP contribution is 2.30. The lowest BCUT2D eigenvalue weighted by atomic mass is 9.97. The number of ether oxygens (including phenoxy) is 1. The number of methoxy groups -OCH3 is 1. The summed E-state index contributed by atoms with van der Waals surface area (Å²) in [6.45, 7) is 1.31. The average Bonchev–Trinajstić information content (AvgIpc) is 2.54. The molecule has 0 aromatic heterocycles. The molecule has 1 amide bonds. The first-order chi connectivity index (χ1) is 11.4. The maximum absolute atomic E-state index is 12.6. The highest BCUT2D eigenvalue weighted by atomic mass is 35.5. The van der Waals surface area contributed by atoms with Crippen LogP contribution < -0.4 is 5.32 Å². The third-order valence-corrected chi connectivity index (χ3v) is 3.89. The van der Waals surface area contributed by atoms with E-state index < -0.39 is 12.7 Å². The summed E-state index contributed by atoms with van der Waals surface area (Å²) in [5, 5.41) is 3.65. The summed E-state index contributed by atoms with van der Waals surface area (Å²) in [5.41, 5.74) is 2.97. The number of hydrogen-bond acceptors (Lipinski definition) is 2. The minimum Gasteiger partial charge on any atom is -0.380 e. The van der Waals surface area contributed by atoms with Gasteiger partial charge in [-0.25, -0.2) is 4.39 Å². The van der Waals surface area contributed by atoms with Crippen LogP contribution in [0.4, 0.5) is 4.39 Å². The fraction of sp³-hybridized carbons (Fsp3) is 0.278. The van der Waals surface area contributed by atoms with Crippen LogP contribution in [0, 0.1) is 0 Å². The van der Waals surface area contributed by atoms with Crippen LogP contribution in [-0.2, 0) is 11.3 Å². The Morgan fingerprint density at radius 1 is 1.21 bits per heavy atom. The lowest BCUT2D eigenvalue weighted by Gasteiger charge is -2.14. The quantitative estimate of drug-likeness (QED) is 0.786. The number of alkyl halides is 1. The zero-order chi connectivity index (χ0) is 17.7. The Kier molecular flexibility index (Phi) is 6.60. The first kappa shape index (κ1) is 18.7. The lowest BCUT2D eigenvalue weighted by molar-refractivity contribution is 0.0934. The van der Waals surface area contributed by atoms with E-state index in [9.17, 15) is 9.18 Å². The molecule has 6 heteroatoms. The maximum atomic E-state index is 12.6. The summed E-state index contributed by atoms with van der Waals surface area (Å²) in [6.07, 6.45) is 0. The number of amides is 1. The fourth-order valence-electron chi connectivity index (χ4n) is 2.35. The summed E-state index contributed by atoms with van der Waals surface area (Å²) >= 11 is 12.1. The van der Waals surface area contributed by atoms with Gasteiger partial charge in [0, 0.05) is 22.7 Å². The molecule has 2 aromatic carbocycles. The van der Waals surface area contributed by atoms with Crippen molar-refractivity contribution in [2.24, 2.45) is 0 Å². The van der Waals surface area contributed by atoms with Crippen molar-refractivity contribution in [1.82, 2.24) is 5.32 Å². The first-order valence-corrected chi connectivity index (χ1v) is 8.15. The van der Waals surface area contributed by atoms with Gasteiger partial charge in [0.05, 0.1) is 12.6 Å². The largest absolute Gasteiger partial charge is 0.380 e. The van der Waals surface area contributed by atoms with E-state index in [4.69, 9.17) is 27.9 Å². The molecule has 1 unspecified atom stereocenters. The van der Waals surface area contributed by atoms with Crippen LogP contribution in [0.2, 0.25) is 10.0 Å². The van der Waals surface area contributed by atoms with Crippen LogP contribution in [0.1, 0.15) is 22.8 Å². The number of nitrogens with one attached hydrogen (secondary N) is 1. The Bertz CT molecular complexity index is 717. The van der Waals surface area contributed by atoms with Crippen LogP contribution in [-0.4, -0.2) is 25.7 Å². The van der Waals surface area contributed by atoms with Crippen LogP contribution in [0.25, 0.3) is 11.1 Å². The molecule has 0 aliphatic rings. The van der Waals surface area contributed by atoms with E-state index in [1.807, 2.05) is 6.07 Å². The number of hydrogen-bond donors (Lipinski definition) is 1. The molecule has 2 rings (SSSR count). The van der Waals surface area contributed by atoms with Crippen molar-refractivity contribution < 1.29 is 13.9 Å². The van der Waals surface area contributed by atoms with Crippen LogP contribution in [0.15, 0.2) is 36.4 Å². The van der Waals surface area contributed by atoms with Crippen molar-refractivity contribution in [3.05, 3.63) is 57.6 Å². The molecule has 0 bridgehead atoms. The molecule has 0 radical (unpaired) electrons. The summed E-state index contributed by atoms with van der Waals surface area (Å²) in [6, 6.07) is 9.94. The molecule has 0 saturated heterocycles. The standard InChI is InChI=1S/C18H18Cl2FNO2/c1-11(9-21)22-18(23)12-3-4-17(14(5-12)10-24-2)13-6-15(19)8-16(20)7-13/h3-8,11H,9-10H2,1-2H3,(H,22,23). The number of carbonyl (C=O) groups is 1. The number of rotatable bonds is 6. The molecule has 24 heavy (non-hydrogen) atoms. The Balaban J connectivity index is 2.41. The molecular formula is C18H18Cl2FNO2. The normalized spacial score (nSPS) is 12.0. The van der Waals surface area contributed by atoms with E-state index in [1.165, 1.54) is 0 Å². The second kappa shape index (κ2) is 8.47. The van der Waals surface area contributed by atoms with Gasteiger partial charge < -0.3 is 10.1 Å². The molecule has 2 aromatic rings. The second-order valence-corrected chi connectivity index (χ2v) is 6.36. The van der Waals surface area contributed by atoms with Crippen LogP contribution in [0.5, 0.6) is 0 Å². The van der Waals surface area contributed by atoms with E-state index >= 15 is 0 Å². The maximum Gasteiger partial charge on any atom is 0.251 e. The molecular weight excluding hydrogens is 352 g/mol. The van der Waals surface area contributed by atoms with Gasteiger partial charge in [-0.1, -0.05) is 29.3 Å². The third-order valence-electron chi connectivity index (χ3n) is 3.45. The van der Waals surface area contributed by atoms with E-state index in [0.29, 0.717) is 22.2 Å².